The first-order valence-corrected chi connectivity index (χ1v) is 24.6. The first-order chi connectivity index (χ1) is 43.5. The summed E-state index contributed by atoms with van der Waals surface area (Å²) in [6.45, 7) is 11.0. The van der Waals surface area contributed by atoms with Gasteiger partial charge in [-0.15, -0.1) is 0 Å². The Morgan fingerprint density at radius 1 is 0.551 bits per heavy atom. The van der Waals surface area contributed by atoms with Crippen molar-refractivity contribution in [3.8, 4) is 22.8 Å². The van der Waals surface area contributed by atoms with Gasteiger partial charge in [-0.3, -0.25) is 27.5 Å². The van der Waals surface area contributed by atoms with E-state index in [4.69, 9.17) is 119 Å². The van der Waals surface area contributed by atoms with Crippen molar-refractivity contribution in [2.45, 2.75) is 27.0 Å². The molecule has 10 rings (SSSR count). The zero-order valence-electron chi connectivity index (χ0n) is 45.2. The molecular weight excluding hydrogens is 1300 g/mol. The van der Waals surface area contributed by atoms with E-state index in [0.29, 0.717) is 65.4 Å². The largest absolute Gasteiger partial charge is 0.379 e. The minimum Gasteiger partial charge on any atom is -0.379 e. The van der Waals surface area contributed by atoms with Crippen LogP contribution in [-0.2, 0) is 36.9 Å². The van der Waals surface area contributed by atoms with Crippen molar-refractivity contribution in [3.05, 3.63) is 132 Å². The first kappa shape index (κ1) is 86.7. The van der Waals surface area contributed by atoms with Crippen LogP contribution in [0.25, 0.3) is 34.1 Å². The fraction of sp³-hybridized carbons (Fsp3) is 0.289. The van der Waals surface area contributed by atoms with E-state index in [-0.39, 0.29) is 30.1 Å². The molecule has 0 atom stereocenters. The lowest BCUT2D eigenvalue weighted by molar-refractivity contribution is 0.0297. The van der Waals surface area contributed by atoms with Crippen LogP contribution in [-0.4, -0.2) is 123 Å². The Balaban J connectivity index is -0.000000579. The predicted molar refractivity (Wildman–Crippen MR) is 269 cm³/mol. The van der Waals surface area contributed by atoms with Gasteiger partial charge in [0.25, 0.3) is 27.8 Å². The fourth-order valence-corrected chi connectivity index (χ4v) is 7.17. The van der Waals surface area contributed by atoms with Gasteiger partial charge in [0.2, 0.25) is 17.5 Å². The molecule has 2 aromatic carbocycles. The average molecular weight is 1350 g/mol. The maximum atomic E-state index is 12.9. The number of hydrogen-bond acceptors (Lipinski definition) is 17. The topological polar surface area (TPSA) is 248 Å². The van der Waals surface area contributed by atoms with Crippen molar-refractivity contribution in [2.75, 3.05) is 69.5 Å². The van der Waals surface area contributed by atoms with Crippen LogP contribution in [0.15, 0.2) is 107 Å². The monoisotopic (exact) mass is 1350 g/mol. The Kier molecular flexibility index (Phi) is 53.2. The predicted octanol–water partition coefficient (Wildman–Crippen LogP) is 14.0. The molecule has 0 radical (unpaired) electrons. The van der Waals surface area contributed by atoms with E-state index >= 15 is 0 Å². The lowest BCUT2D eigenvalue weighted by Crippen LogP contribution is -2.35. The molecule has 0 bridgehead atoms. The molecule has 3 N–H and O–H groups in total. The lowest BCUT2D eigenvalue weighted by Gasteiger charge is -2.24. The summed E-state index contributed by atoms with van der Waals surface area (Å²) in [4.78, 5) is 45.0. The molecule has 44 heteroatoms. The van der Waals surface area contributed by atoms with Gasteiger partial charge in [0.1, 0.15) is 29.3 Å². The van der Waals surface area contributed by atoms with Crippen LogP contribution >= 0.6 is 0 Å². The number of amides is 2. The molecule has 0 unspecified atom stereocenters. The van der Waals surface area contributed by atoms with Gasteiger partial charge in [-0.1, -0.05) is 46.7 Å². The number of anilines is 2. The quantitative estimate of drug-likeness (QED) is 0.0804. The maximum Gasteiger partial charge on any atom is 0.274 e. The number of rotatable bonds is 11. The number of morpholine rings is 2. The van der Waals surface area contributed by atoms with E-state index in [1.165, 1.54) is 6.20 Å². The van der Waals surface area contributed by atoms with E-state index in [9.17, 15) is 18.0 Å². The zero-order valence-corrected chi connectivity index (χ0v) is 46.0. The molecule has 2 aliphatic heterocycles. The second-order valence-corrected chi connectivity index (χ2v) is 17.0. The highest BCUT2D eigenvalue weighted by Gasteiger charge is 2.19. The minimum atomic E-state index is -3.62. The van der Waals surface area contributed by atoms with Crippen molar-refractivity contribution in [2.24, 2.45) is 0 Å². The summed E-state index contributed by atoms with van der Waals surface area (Å²) in [6.07, 6.45) is 7.59. The standard InChI is InChI=1S/C22H22N6O3.C19H17N5O5S.C4H9NO.11F2/c1-15-5-6-16(21-25-20(31-26-21)14-27-8-10-30-11-9-27)12-17(15)24-22(29)18-13-23-19-4-2-3-7-28(18)19;1-12-6-7-13(18-22-17(29-23-18)11-28-30(2,26)27)9-14(12)21-19(25)15-10-20-16-5-3-4-8-24(15)16;1-3-6-4-2-5-1;11*1-2/h2-7,12-13H,8-11,14H2,1H3,(H,24,29);3-10H,11H2,1-2H3,(H,21,25);5H,1-4H2;;;;;;;;;;;. The average Bonchev–Trinajstić information content (AvgIpc) is 2.02. The third-order valence-electron chi connectivity index (χ3n) is 10.4. The van der Waals surface area contributed by atoms with Gasteiger partial charge in [-0.25, -0.2) is 9.97 Å². The molecule has 0 saturated carbocycles. The number of imidazole rings is 2. The van der Waals surface area contributed by atoms with Crippen LogP contribution in [0.4, 0.5) is 112 Å². The second kappa shape index (κ2) is 54.6. The Morgan fingerprint density at radius 2 is 0.933 bits per heavy atom. The van der Waals surface area contributed by atoms with Crippen LogP contribution in [0.5, 0.6) is 0 Å². The Hall–Kier alpha value is -8.75. The SMILES string of the molecule is C1COCCN1.Cc1ccc(-c2noc(CN3CCOCC3)n2)cc1NC(=O)c1cnc2ccccn12.Cc1ccc(-c2noc(COS(C)(=O)=O)n2)cc1NC(=O)c1cnc2ccccn12.FF.FF.FF.FF.FF.FF.FF.FF.FF.FF.FF. The molecule has 21 nitrogen and oxygen atoms in total. The number of nitrogens with one attached hydrogen (secondary N) is 3. The molecule has 2 aliphatic rings. The van der Waals surface area contributed by atoms with E-state index in [2.05, 4.69) is 55.3 Å². The maximum absolute atomic E-state index is 12.9. The number of fused-ring (bicyclic) bond motifs is 2. The van der Waals surface area contributed by atoms with Gasteiger partial charge >= 0.3 is 0 Å². The Bertz CT molecular complexity index is 3140. The van der Waals surface area contributed by atoms with Gasteiger partial charge in [0.05, 0.1) is 51.6 Å². The van der Waals surface area contributed by atoms with Crippen LogP contribution in [0.2, 0.25) is 0 Å². The molecule has 6 aromatic heterocycles. The van der Waals surface area contributed by atoms with Crippen molar-refractivity contribution >= 4 is 44.6 Å². The third-order valence-corrected chi connectivity index (χ3v) is 11.0. The van der Waals surface area contributed by atoms with Gasteiger partial charge in [0, 0.05) is 162 Å². The number of aryl methyl sites for hydroxylation is 2. The number of carbonyl (C=O) groups is 2. The molecule has 8 aromatic rings. The van der Waals surface area contributed by atoms with Gasteiger partial charge in [-0.2, -0.15) is 18.4 Å². The Labute approximate surface area is 485 Å². The van der Waals surface area contributed by atoms with Gasteiger partial charge in [-0.05, 0) is 61.4 Å². The van der Waals surface area contributed by atoms with Crippen LogP contribution in [0, 0.1) is 13.8 Å². The number of carbonyl (C=O) groups excluding carboxylic acids is 2. The van der Waals surface area contributed by atoms with Crippen molar-refractivity contribution < 1.29 is 141 Å². The highest BCUT2D eigenvalue weighted by Crippen LogP contribution is 2.26. The zero-order chi connectivity index (χ0) is 68.8. The Morgan fingerprint density at radius 3 is 1.30 bits per heavy atom. The number of hydrogen-bond donors (Lipinski definition) is 3. The first-order valence-electron chi connectivity index (χ1n) is 22.8. The van der Waals surface area contributed by atoms with Gasteiger partial charge in [0.15, 0.2) is 0 Å². The normalized spacial score (nSPS) is 11.4. The third kappa shape index (κ3) is 31.1. The molecule has 8 heterocycles. The minimum absolute atomic E-state index is 0.0207. The highest BCUT2D eigenvalue weighted by molar-refractivity contribution is 7.85. The summed E-state index contributed by atoms with van der Waals surface area (Å²) in [5.41, 5.74) is 6.65. The number of halogens is 22. The molecule has 2 amide bonds. The summed E-state index contributed by atoms with van der Waals surface area (Å²) in [5.74, 6) is 0.770. The lowest BCUT2D eigenvalue weighted by atomic mass is 10.1. The summed E-state index contributed by atoms with van der Waals surface area (Å²) in [5, 5.41) is 17.0. The van der Waals surface area contributed by atoms with Crippen LogP contribution in [0.1, 0.15) is 43.9 Å². The smallest absolute Gasteiger partial charge is 0.274 e. The number of benzene rings is 2. The number of aromatic nitrogens is 8. The molecule has 502 valence electrons. The summed E-state index contributed by atoms with van der Waals surface area (Å²) < 4.78 is 227. The van der Waals surface area contributed by atoms with E-state index < -0.39 is 10.1 Å². The summed E-state index contributed by atoms with van der Waals surface area (Å²) >= 11 is 0. The number of nitrogens with zero attached hydrogens (tertiary/aromatic N) is 9. The molecule has 89 heavy (non-hydrogen) atoms. The number of ether oxygens (including phenoxy) is 2. The van der Waals surface area contributed by atoms with E-state index in [0.717, 1.165) is 68.0 Å². The van der Waals surface area contributed by atoms with E-state index in [1.807, 2.05) is 80.7 Å². The summed E-state index contributed by atoms with van der Waals surface area (Å²) in [7, 11) is -3.62. The van der Waals surface area contributed by atoms with E-state index in [1.54, 1.807) is 33.3 Å². The van der Waals surface area contributed by atoms with Crippen molar-refractivity contribution in [1.29, 1.82) is 0 Å². The molecule has 2 fully saturated rings. The van der Waals surface area contributed by atoms with Gasteiger partial charge < -0.3 is 34.5 Å². The highest BCUT2D eigenvalue weighted by atomic mass is 32.2. The summed E-state index contributed by atoms with van der Waals surface area (Å²) in [6, 6.07) is 22.1. The van der Waals surface area contributed by atoms with Crippen LogP contribution in [0.3, 0.4) is 0 Å². The second-order valence-electron chi connectivity index (χ2n) is 15.4. The number of pyridine rings is 2. The van der Waals surface area contributed by atoms with Crippen molar-refractivity contribution in [1.82, 2.24) is 49.3 Å². The van der Waals surface area contributed by atoms with Crippen molar-refractivity contribution in [3.63, 3.8) is 0 Å². The molecule has 2 saturated heterocycles. The molecule has 0 aliphatic carbocycles. The molecular formula is C45H48F22N12O9S. The fourth-order valence-electron chi connectivity index (χ4n) is 6.86. The molecule has 0 spiro atoms. The van der Waals surface area contributed by atoms with Crippen LogP contribution < -0.4 is 16.0 Å².